The van der Waals surface area contributed by atoms with E-state index in [4.69, 9.17) is 0 Å². The molecule has 0 aliphatic rings. The van der Waals surface area contributed by atoms with E-state index in [-0.39, 0.29) is 0 Å². The van der Waals surface area contributed by atoms with Crippen molar-refractivity contribution in [3.63, 3.8) is 0 Å². The van der Waals surface area contributed by atoms with Gasteiger partial charge in [0, 0.05) is 13.1 Å². The van der Waals surface area contributed by atoms with Gasteiger partial charge in [-0.2, -0.15) is 5.10 Å². The monoisotopic (exact) mass is 259 g/mol. The van der Waals surface area contributed by atoms with Crippen LogP contribution in [0.1, 0.15) is 23.9 Å². The Kier molecular flexibility index (Phi) is 3.79. The predicted octanol–water partition coefficient (Wildman–Crippen LogP) is 2.79. The fraction of sp³-hybridized carbons (Fsp3) is 0.400. The van der Waals surface area contributed by atoms with E-state index in [9.17, 15) is 5.11 Å². The zero-order valence-corrected chi connectivity index (χ0v) is 11.9. The average molecular weight is 259 g/mol. The van der Waals surface area contributed by atoms with E-state index in [2.05, 4.69) is 24.3 Å². The van der Waals surface area contributed by atoms with Crippen LogP contribution in [-0.2, 0) is 13.5 Å². The number of nitrogens with one attached hydrogen (secondary N) is 1. The fourth-order valence-electron chi connectivity index (χ4n) is 2.27. The molecule has 0 aliphatic heterocycles. The van der Waals surface area contributed by atoms with Crippen LogP contribution in [-0.4, -0.2) is 20.9 Å². The minimum atomic E-state index is 0.309. The van der Waals surface area contributed by atoms with Crippen molar-refractivity contribution in [3.05, 3.63) is 41.2 Å². The maximum absolute atomic E-state index is 9.27. The zero-order valence-electron chi connectivity index (χ0n) is 11.9. The summed E-state index contributed by atoms with van der Waals surface area (Å²) in [6.45, 7) is 6.23. The second kappa shape index (κ2) is 5.34. The van der Waals surface area contributed by atoms with Gasteiger partial charge in [-0.25, -0.2) is 0 Å². The van der Waals surface area contributed by atoms with E-state index in [1.54, 1.807) is 12.1 Å². The normalized spacial score (nSPS) is 12.4. The first-order valence-electron chi connectivity index (χ1n) is 6.52. The van der Waals surface area contributed by atoms with Crippen LogP contribution in [0.25, 0.3) is 0 Å². The summed E-state index contributed by atoms with van der Waals surface area (Å²) in [5.41, 5.74) is 4.50. The Morgan fingerprint density at radius 1 is 1.26 bits per heavy atom. The van der Waals surface area contributed by atoms with Crippen molar-refractivity contribution in [1.82, 2.24) is 9.78 Å². The average Bonchev–Trinajstić information content (AvgIpc) is 2.59. The molecule has 2 N–H and O–H groups in total. The molecule has 0 aliphatic carbocycles. The number of rotatable bonds is 4. The summed E-state index contributed by atoms with van der Waals surface area (Å²) in [4.78, 5) is 0. The molecule has 2 aromatic rings. The van der Waals surface area contributed by atoms with Crippen molar-refractivity contribution in [2.75, 3.05) is 5.32 Å². The molecule has 0 bridgehead atoms. The number of benzene rings is 1. The van der Waals surface area contributed by atoms with Crippen molar-refractivity contribution in [2.24, 2.45) is 7.05 Å². The molecule has 2 rings (SSSR count). The smallest absolute Gasteiger partial charge is 0.115 e. The number of aryl methyl sites for hydroxylation is 2. The highest BCUT2D eigenvalue weighted by Gasteiger charge is 2.12. The molecule has 1 aromatic carbocycles. The summed E-state index contributed by atoms with van der Waals surface area (Å²) in [5, 5.41) is 17.2. The number of anilines is 1. The largest absolute Gasteiger partial charge is 0.508 e. The molecule has 4 nitrogen and oxygen atoms in total. The summed E-state index contributed by atoms with van der Waals surface area (Å²) in [6, 6.07) is 7.67. The molecule has 0 amide bonds. The molecule has 0 saturated carbocycles. The van der Waals surface area contributed by atoms with Gasteiger partial charge in [0.05, 0.1) is 17.1 Å². The number of phenolic OH excluding ortho intramolecular Hbond substituents is 1. The van der Waals surface area contributed by atoms with Crippen LogP contribution in [0, 0.1) is 13.8 Å². The number of aromatic hydroxyl groups is 1. The highest BCUT2D eigenvalue weighted by Crippen LogP contribution is 2.20. The molecule has 1 atom stereocenters. The van der Waals surface area contributed by atoms with Gasteiger partial charge in [0.15, 0.2) is 0 Å². The topological polar surface area (TPSA) is 50.1 Å². The number of nitrogens with zero attached hydrogens (tertiary/aromatic N) is 2. The van der Waals surface area contributed by atoms with Gasteiger partial charge in [-0.15, -0.1) is 0 Å². The maximum atomic E-state index is 9.27. The Bertz CT molecular complexity index is 558. The van der Waals surface area contributed by atoms with Crippen LogP contribution in [0.4, 0.5) is 5.69 Å². The number of aromatic nitrogens is 2. The van der Waals surface area contributed by atoms with Crippen molar-refractivity contribution in [3.8, 4) is 5.75 Å². The van der Waals surface area contributed by atoms with Gasteiger partial charge in [0.2, 0.25) is 0 Å². The van der Waals surface area contributed by atoms with Gasteiger partial charge in [0.1, 0.15) is 5.75 Å². The van der Waals surface area contributed by atoms with E-state index in [0.29, 0.717) is 11.8 Å². The Morgan fingerprint density at radius 3 is 2.42 bits per heavy atom. The first kappa shape index (κ1) is 13.5. The lowest BCUT2D eigenvalue weighted by atomic mass is 10.1. The molecule has 1 heterocycles. The van der Waals surface area contributed by atoms with Gasteiger partial charge in [-0.05, 0) is 44.9 Å². The summed E-state index contributed by atoms with van der Waals surface area (Å²) < 4.78 is 1.89. The summed E-state index contributed by atoms with van der Waals surface area (Å²) in [5.74, 6) is 0.309. The van der Waals surface area contributed by atoms with Crippen molar-refractivity contribution < 1.29 is 5.11 Å². The van der Waals surface area contributed by atoms with Crippen LogP contribution in [0.3, 0.4) is 0 Å². The highest BCUT2D eigenvalue weighted by atomic mass is 16.3. The standard InChI is InChI=1S/C15H21N3O/c1-10(9-13-5-7-14(19)8-6-13)16-15-11(2)17-18(4)12(15)3/h5-8,10,16,19H,9H2,1-4H3. The third kappa shape index (κ3) is 3.08. The van der Waals surface area contributed by atoms with Crippen molar-refractivity contribution in [1.29, 1.82) is 0 Å². The van der Waals surface area contributed by atoms with E-state index < -0.39 is 0 Å². The number of hydrogen-bond donors (Lipinski definition) is 2. The fourth-order valence-corrected chi connectivity index (χ4v) is 2.27. The molecule has 1 aromatic heterocycles. The first-order chi connectivity index (χ1) is 8.97. The molecule has 0 fully saturated rings. The Hall–Kier alpha value is -1.97. The van der Waals surface area contributed by atoms with Crippen LogP contribution in [0.15, 0.2) is 24.3 Å². The molecule has 102 valence electrons. The molecular formula is C15H21N3O. The lowest BCUT2D eigenvalue weighted by Gasteiger charge is -2.15. The Balaban J connectivity index is 2.05. The van der Waals surface area contributed by atoms with Crippen LogP contribution in [0.5, 0.6) is 5.75 Å². The van der Waals surface area contributed by atoms with E-state index in [0.717, 1.165) is 23.5 Å². The number of phenols is 1. The minimum absolute atomic E-state index is 0.309. The minimum Gasteiger partial charge on any atom is -0.508 e. The molecule has 19 heavy (non-hydrogen) atoms. The SMILES string of the molecule is Cc1nn(C)c(C)c1NC(C)Cc1ccc(O)cc1. The van der Waals surface area contributed by atoms with Gasteiger partial charge >= 0.3 is 0 Å². The van der Waals surface area contributed by atoms with E-state index >= 15 is 0 Å². The second-order valence-electron chi connectivity index (χ2n) is 5.09. The lowest BCUT2D eigenvalue weighted by molar-refractivity contribution is 0.475. The predicted molar refractivity (Wildman–Crippen MR) is 77.6 cm³/mol. The van der Waals surface area contributed by atoms with Gasteiger partial charge in [-0.1, -0.05) is 12.1 Å². The first-order valence-corrected chi connectivity index (χ1v) is 6.52. The molecule has 4 heteroatoms. The quantitative estimate of drug-likeness (QED) is 0.887. The molecule has 0 radical (unpaired) electrons. The molecule has 1 unspecified atom stereocenters. The van der Waals surface area contributed by atoms with Crippen LogP contribution >= 0.6 is 0 Å². The Morgan fingerprint density at radius 2 is 1.89 bits per heavy atom. The van der Waals surface area contributed by atoms with Gasteiger partial charge in [-0.3, -0.25) is 4.68 Å². The van der Waals surface area contributed by atoms with E-state index in [1.165, 1.54) is 5.56 Å². The number of hydrogen-bond acceptors (Lipinski definition) is 3. The lowest BCUT2D eigenvalue weighted by Crippen LogP contribution is -2.19. The Labute approximate surface area is 114 Å². The third-order valence-corrected chi connectivity index (χ3v) is 3.38. The third-order valence-electron chi connectivity index (χ3n) is 3.38. The zero-order chi connectivity index (χ0) is 14.0. The second-order valence-corrected chi connectivity index (χ2v) is 5.09. The summed E-state index contributed by atoms with van der Waals surface area (Å²) in [6.07, 6.45) is 0.911. The van der Waals surface area contributed by atoms with Gasteiger partial charge < -0.3 is 10.4 Å². The summed E-state index contributed by atoms with van der Waals surface area (Å²) >= 11 is 0. The van der Waals surface area contributed by atoms with Crippen molar-refractivity contribution in [2.45, 2.75) is 33.2 Å². The van der Waals surface area contributed by atoms with E-state index in [1.807, 2.05) is 30.8 Å². The summed E-state index contributed by atoms with van der Waals surface area (Å²) in [7, 11) is 1.96. The maximum Gasteiger partial charge on any atom is 0.115 e. The van der Waals surface area contributed by atoms with Crippen LogP contribution < -0.4 is 5.32 Å². The molecule has 0 spiro atoms. The molecular weight excluding hydrogens is 238 g/mol. The van der Waals surface area contributed by atoms with Crippen molar-refractivity contribution >= 4 is 5.69 Å². The molecule has 0 saturated heterocycles. The highest BCUT2D eigenvalue weighted by molar-refractivity contribution is 5.52. The van der Waals surface area contributed by atoms with Gasteiger partial charge in [0.25, 0.3) is 0 Å². The van der Waals surface area contributed by atoms with Crippen LogP contribution in [0.2, 0.25) is 0 Å².